The number of esters is 1. The van der Waals surface area contributed by atoms with Crippen molar-refractivity contribution in [1.29, 1.82) is 0 Å². The maximum atomic E-state index is 11.4. The Morgan fingerprint density at radius 2 is 2.12 bits per heavy atom. The van der Waals surface area contributed by atoms with Gasteiger partial charge in [0.1, 0.15) is 6.04 Å². The normalized spacial score (nSPS) is 12.4. The van der Waals surface area contributed by atoms with E-state index in [1.54, 1.807) is 18.3 Å². The number of carbonyl (C=O) groups is 1. The predicted molar refractivity (Wildman–Crippen MR) is 71.2 cm³/mol. The molecular weight excluding hydrogens is 234 g/mol. The molecule has 3 nitrogen and oxygen atoms in total. The maximum Gasteiger partial charge on any atom is 0.323 e. The SMILES string of the molecule is CCCCc1ccc(CC(N)C(=O)OCC)s1. The van der Waals surface area contributed by atoms with Gasteiger partial charge in [0.25, 0.3) is 0 Å². The van der Waals surface area contributed by atoms with Crippen LogP contribution in [0.15, 0.2) is 12.1 Å². The molecule has 1 heterocycles. The van der Waals surface area contributed by atoms with Crippen LogP contribution in [0.2, 0.25) is 0 Å². The third kappa shape index (κ3) is 4.88. The lowest BCUT2D eigenvalue weighted by Gasteiger charge is -2.08. The van der Waals surface area contributed by atoms with E-state index in [1.807, 2.05) is 0 Å². The average molecular weight is 255 g/mol. The molecule has 4 heteroatoms. The fourth-order valence-corrected chi connectivity index (χ4v) is 2.69. The number of unbranched alkanes of at least 4 members (excludes halogenated alkanes) is 1. The van der Waals surface area contributed by atoms with Crippen LogP contribution in [-0.4, -0.2) is 18.6 Å². The van der Waals surface area contributed by atoms with Crippen molar-refractivity contribution in [2.75, 3.05) is 6.61 Å². The number of rotatable bonds is 7. The van der Waals surface area contributed by atoms with Gasteiger partial charge in [-0.3, -0.25) is 4.79 Å². The van der Waals surface area contributed by atoms with Crippen molar-refractivity contribution >= 4 is 17.3 Å². The van der Waals surface area contributed by atoms with E-state index in [-0.39, 0.29) is 5.97 Å². The van der Waals surface area contributed by atoms with E-state index in [0.717, 1.165) is 11.3 Å². The Bertz CT molecular complexity index is 349. The number of nitrogens with two attached hydrogens (primary N) is 1. The molecule has 1 aromatic rings. The highest BCUT2D eigenvalue weighted by Gasteiger charge is 2.15. The molecule has 1 aromatic heterocycles. The second-order valence-corrected chi connectivity index (χ2v) is 5.29. The summed E-state index contributed by atoms with van der Waals surface area (Å²) >= 11 is 1.75. The van der Waals surface area contributed by atoms with Gasteiger partial charge in [-0.25, -0.2) is 0 Å². The van der Waals surface area contributed by atoms with Gasteiger partial charge in [0.05, 0.1) is 6.61 Å². The second-order valence-electron chi connectivity index (χ2n) is 4.03. The number of aryl methyl sites for hydroxylation is 1. The van der Waals surface area contributed by atoms with E-state index in [0.29, 0.717) is 13.0 Å². The first-order chi connectivity index (χ1) is 8.17. The van der Waals surface area contributed by atoms with Crippen LogP contribution in [0.3, 0.4) is 0 Å². The van der Waals surface area contributed by atoms with Crippen molar-refractivity contribution in [3.63, 3.8) is 0 Å². The van der Waals surface area contributed by atoms with Crippen molar-refractivity contribution in [1.82, 2.24) is 0 Å². The van der Waals surface area contributed by atoms with Gasteiger partial charge in [0.15, 0.2) is 0 Å². The Hall–Kier alpha value is -0.870. The molecule has 0 saturated carbocycles. The second kappa shape index (κ2) is 7.45. The molecule has 0 fully saturated rings. The molecule has 2 N–H and O–H groups in total. The average Bonchev–Trinajstić information content (AvgIpc) is 2.74. The smallest absolute Gasteiger partial charge is 0.323 e. The molecule has 0 aliphatic rings. The molecule has 17 heavy (non-hydrogen) atoms. The number of carbonyl (C=O) groups excluding carboxylic acids is 1. The molecule has 0 aliphatic heterocycles. The van der Waals surface area contributed by atoms with E-state index in [1.165, 1.54) is 17.7 Å². The van der Waals surface area contributed by atoms with Crippen molar-refractivity contribution in [2.45, 2.75) is 45.6 Å². The summed E-state index contributed by atoms with van der Waals surface area (Å²) in [5.74, 6) is -0.309. The van der Waals surface area contributed by atoms with Crippen molar-refractivity contribution in [3.8, 4) is 0 Å². The molecule has 1 unspecified atom stereocenters. The van der Waals surface area contributed by atoms with Crippen LogP contribution in [0.5, 0.6) is 0 Å². The lowest BCUT2D eigenvalue weighted by atomic mass is 10.2. The van der Waals surface area contributed by atoms with Crippen molar-refractivity contribution in [3.05, 3.63) is 21.9 Å². The van der Waals surface area contributed by atoms with Crippen molar-refractivity contribution < 1.29 is 9.53 Å². The number of ether oxygens (including phenoxy) is 1. The summed E-state index contributed by atoms with van der Waals surface area (Å²) in [6, 6.07) is 3.66. The Morgan fingerprint density at radius 1 is 1.41 bits per heavy atom. The zero-order valence-electron chi connectivity index (χ0n) is 10.6. The summed E-state index contributed by atoms with van der Waals surface area (Å²) in [6.07, 6.45) is 4.12. The van der Waals surface area contributed by atoms with E-state index >= 15 is 0 Å². The molecule has 0 spiro atoms. The summed E-state index contributed by atoms with van der Waals surface area (Å²) in [5, 5.41) is 0. The fourth-order valence-electron chi connectivity index (χ4n) is 1.57. The van der Waals surface area contributed by atoms with Crippen molar-refractivity contribution in [2.24, 2.45) is 5.73 Å². The quantitative estimate of drug-likeness (QED) is 0.762. The van der Waals surface area contributed by atoms with E-state index in [9.17, 15) is 4.79 Å². The molecular formula is C13H21NO2S. The fraction of sp³-hybridized carbons (Fsp3) is 0.615. The molecule has 0 saturated heterocycles. The molecule has 0 aromatic carbocycles. The van der Waals surface area contributed by atoms with Crippen LogP contribution in [0.25, 0.3) is 0 Å². The van der Waals surface area contributed by atoms with E-state index in [4.69, 9.17) is 10.5 Å². The molecule has 0 aliphatic carbocycles. The Kier molecular flexibility index (Phi) is 6.22. The van der Waals surface area contributed by atoms with Gasteiger partial charge in [-0.2, -0.15) is 0 Å². The molecule has 1 atom stereocenters. The summed E-state index contributed by atoms with van der Waals surface area (Å²) in [6.45, 7) is 4.36. The first-order valence-corrected chi connectivity index (χ1v) is 6.98. The number of thiophene rings is 1. The molecule has 0 radical (unpaired) electrons. The van der Waals surface area contributed by atoms with Gasteiger partial charge in [0, 0.05) is 16.2 Å². The van der Waals surface area contributed by atoms with Gasteiger partial charge in [-0.1, -0.05) is 13.3 Å². The lowest BCUT2D eigenvalue weighted by molar-refractivity contribution is -0.144. The first-order valence-electron chi connectivity index (χ1n) is 6.17. The van der Waals surface area contributed by atoms with E-state index < -0.39 is 6.04 Å². The minimum absolute atomic E-state index is 0.309. The van der Waals surface area contributed by atoms with Gasteiger partial charge >= 0.3 is 5.97 Å². The van der Waals surface area contributed by atoms with Gasteiger partial charge in [-0.05, 0) is 31.9 Å². The zero-order valence-corrected chi connectivity index (χ0v) is 11.4. The number of hydrogen-bond donors (Lipinski definition) is 1. The third-order valence-corrected chi connectivity index (χ3v) is 3.67. The summed E-state index contributed by atoms with van der Waals surface area (Å²) in [7, 11) is 0. The summed E-state index contributed by atoms with van der Waals surface area (Å²) < 4.78 is 4.89. The molecule has 0 bridgehead atoms. The largest absolute Gasteiger partial charge is 0.465 e. The predicted octanol–water partition coefficient (Wildman–Crippen LogP) is 2.52. The molecule has 0 amide bonds. The Morgan fingerprint density at radius 3 is 2.76 bits per heavy atom. The van der Waals surface area contributed by atoms with E-state index in [2.05, 4.69) is 19.1 Å². The highest BCUT2D eigenvalue weighted by atomic mass is 32.1. The highest BCUT2D eigenvalue weighted by molar-refractivity contribution is 7.12. The number of hydrogen-bond acceptors (Lipinski definition) is 4. The Balaban J connectivity index is 2.45. The first kappa shape index (κ1) is 14.2. The highest BCUT2D eigenvalue weighted by Crippen LogP contribution is 2.19. The minimum Gasteiger partial charge on any atom is -0.465 e. The van der Waals surface area contributed by atoms with Crippen LogP contribution in [0.4, 0.5) is 0 Å². The molecule has 96 valence electrons. The van der Waals surface area contributed by atoms with Crippen LogP contribution in [0.1, 0.15) is 36.4 Å². The monoisotopic (exact) mass is 255 g/mol. The van der Waals surface area contributed by atoms with Gasteiger partial charge in [-0.15, -0.1) is 11.3 Å². The topological polar surface area (TPSA) is 52.3 Å². The molecule has 1 rings (SSSR count). The van der Waals surface area contributed by atoms with Crippen LogP contribution in [0, 0.1) is 0 Å². The lowest BCUT2D eigenvalue weighted by Crippen LogP contribution is -2.34. The van der Waals surface area contributed by atoms with Crippen LogP contribution >= 0.6 is 11.3 Å². The maximum absolute atomic E-state index is 11.4. The Labute approximate surface area is 107 Å². The summed E-state index contributed by atoms with van der Waals surface area (Å²) in [5.41, 5.74) is 5.78. The van der Waals surface area contributed by atoms with Gasteiger partial charge in [0.2, 0.25) is 0 Å². The van der Waals surface area contributed by atoms with Crippen LogP contribution in [-0.2, 0) is 22.4 Å². The van der Waals surface area contributed by atoms with Crippen LogP contribution < -0.4 is 5.73 Å². The third-order valence-electron chi connectivity index (χ3n) is 2.50. The minimum atomic E-state index is -0.535. The standard InChI is InChI=1S/C13H21NO2S/c1-3-5-6-10-7-8-11(17-10)9-12(14)13(15)16-4-2/h7-8,12H,3-6,9,14H2,1-2H3. The summed E-state index contributed by atoms with van der Waals surface area (Å²) in [4.78, 5) is 13.9. The zero-order chi connectivity index (χ0) is 12.7. The van der Waals surface area contributed by atoms with Gasteiger partial charge < -0.3 is 10.5 Å².